The molecule has 9 heteroatoms. The molecule has 8 nitrogen and oxygen atoms in total. The van der Waals surface area contributed by atoms with Crippen molar-refractivity contribution < 1.29 is 9.31 Å². The molecule has 0 amide bonds. The van der Waals surface area contributed by atoms with E-state index in [1.165, 1.54) is 12.4 Å². The quantitative estimate of drug-likeness (QED) is 0.626. The van der Waals surface area contributed by atoms with Crippen molar-refractivity contribution in [2.75, 3.05) is 47.8 Å². The van der Waals surface area contributed by atoms with Crippen LogP contribution in [0.15, 0.2) is 30.6 Å². The highest BCUT2D eigenvalue weighted by Crippen LogP contribution is 2.32. The molecule has 3 rings (SSSR count). The number of nitro groups is 1. The van der Waals surface area contributed by atoms with E-state index in [-0.39, 0.29) is 17.3 Å². The third kappa shape index (κ3) is 3.66. The van der Waals surface area contributed by atoms with Gasteiger partial charge in [-0.3, -0.25) is 10.1 Å². The number of piperazine rings is 1. The summed E-state index contributed by atoms with van der Waals surface area (Å²) in [5.41, 5.74) is 0.440. The van der Waals surface area contributed by atoms with Crippen molar-refractivity contribution in [2.24, 2.45) is 0 Å². The summed E-state index contributed by atoms with van der Waals surface area (Å²) in [5.74, 6) is 0.273. The Labute approximate surface area is 150 Å². The van der Waals surface area contributed by atoms with Crippen LogP contribution in [0.2, 0.25) is 0 Å². The summed E-state index contributed by atoms with van der Waals surface area (Å²) in [5, 5.41) is 14.6. The zero-order valence-electron chi connectivity index (χ0n) is 14.6. The van der Waals surface area contributed by atoms with E-state index < -0.39 is 4.92 Å². The van der Waals surface area contributed by atoms with Gasteiger partial charge in [-0.25, -0.2) is 14.4 Å². The molecule has 0 aliphatic carbocycles. The molecule has 1 aromatic carbocycles. The van der Waals surface area contributed by atoms with Crippen molar-refractivity contribution in [3.05, 3.63) is 46.5 Å². The predicted octanol–water partition coefficient (Wildman–Crippen LogP) is 2.67. The maximum absolute atomic E-state index is 14.0. The SMILES string of the molecule is CCCNc1ncnc(N2CCN(c3ccccc3F)CC2)c1[N+](=O)[O-]. The van der Waals surface area contributed by atoms with Crippen LogP contribution in [0.3, 0.4) is 0 Å². The Hall–Kier alpha value is -2.97. The Morgan fingerprint density at radius 2 is 1.88 bits per heavy atom. The number of anilines is 3. The average molecular weight is 360 g/mol. The highest BCUT2D eigenvalue weighted by molar-refractivity contribution is 5.70. The van der Waals surface area contributed by atoms with Gasteiger partial charge in [-0.15, -0.1) is 0 Å². The van der Waals surface area contributed by atoms with E-state index in [9.17, 15) is 14.5 Å². The summed E-state index contributed by atoms with van der Waals surface area (Å²) in [6.45, 7) is 4.71. The van der Waals surface area contributed by atoms with Crippen LogP contribution in [-0.4, -0.2) is 47.6 Å². The Balaban J connectivity index is 1.79. The molecular formula is C17H21FN6O2. The summed E-state index contributed by atoms with van der Waals surface area (Å²) in [6, 6.07) is 6.63. The van der Waals surface area contributed by atoms with Crippen LogP contribution in [0.1, 0.15) is 13.3 Å². The van der Waals surface area contributed by atoms with Gasteiger partial charge < -0.3 is 15.1 Å². The van der Waals surface area contributed by atoms with Gasteiger partial charge in [0.25, 0.3) is 0 Å². The van der Waals surface area contributed by atoms with Gasteiger partial charge in [-0.2, -0.15) is 0 Å². The molecule has 2 aromatic rings. The normalized spacial score (nSPS) is 14.4. The Morgan fingerprint density at radius 3 is 2.54 bits per heavy atom. The lowest BCUT2D eigenvalue weighted by Crippen LogP contribution is -2.47. The van der Waals surface area contributed by atoms with Gasteiger partial charge in [0.15, 0.2) is 0 Å². The number of hydrogen-bond acceptors (Lipinski definition) is 7. The lowest BCUT2D eigenvalue weighted by Gasteiger charge is -2.36. The molecule has 2 heterocycles. The third-order valence-corrected chi connectivity index (χ3v) is 4.30. The van der Waals surface area contributed by atoms with E-state index in [0.29, 0.717) is 44.2 Å². The van der Waals surface area contributed by atoms with Crippen molar-refractivity contribution in [3.8, 4) is 0 Å². The van der Waals surface area contributed by atoms with E-state index in [1.807, 2.05) is 16.7 Å². The van der Waals surface area contributed by atoms with Crippen molar-refractivity contribution in [1.82, 2.24) is 9.97 Å². The van der Waals surface area contributed by atoms with Gasteiger partial charge in [-0.1, -0.05) is 19.1 Å². The molecule has 1 fully saturated rings. The first-order chi connectivity index (χ1) is 12.6. The molecule has 0 atom stereocenters. The summed E-state index contributed by atoms with van der Waals surface area (Å²) in [4.78, 5) is 23.1. The van der Waals surface area contributed by atoms with E-state index in [1.54, 1.807) is 18.2 Å². The fourth-order valence-electron chi connectivity index (χ4n) is 3.01. The third-order valence-electron chi connectivity index (χ3n) is 4.30. The molecule has 0 radical (unpaired) electrons. The minimum Gasteiger partial charge on any atom is -0.366 e. The average Bonchev–Trinajstić information content (AvgIpc) is 2.66. The second-order valence-corrected chi connectivity index (χ2v) is 6.00. The van der Waals surface area contributed by atoms with Crippen molar-refractivity contribution in [1.29, 1.82) is 0 Å². The number of halogens is 1. The fourth-order valence-corrected chi connectivity index (χ4v) is 3.01. The zero-order chi connectivity index (χ0) is 18.5. The maximum atomic E-state index is 14.0. The van der Waals surface area contributed by atoms with Gasteiger partial charge >= 0.3 is 5.69 Å². The minimum atomic E-state index is -0.448. The maximum Gasteiger partial charge on any atom is 0.353 e. The first kappa shape index (κ1) is 17.8. The predicted molar refractivity (Wildman–Crippen MR) is 98.3 cm³/mol. The molecule has 1 aromatic heterocycles. The summed E-state index contributed by atoms with van der Waals surface area (Å²) >= 11 is 0. The molecule has 0 spiro atoms. The lowest BCUT2D eigenvalue weighted by molar-refractivity contribution is -0.383. The largest absolute Gasteiger partial charge is 0.366 e. The summed E-state index contributed by atoms with van der Waals surface area (Å²) < 4.78 is 14.0. The number of nitrogens with zero attached hydrogens (tertiary/aromatic N) is 5. The Morgan fingerprint density at radius 1 is 1.19 bits per heavy atom. The molecule has 1 aliphatic rings. The highest BCUT2D eigenvalue weighted by Gasteiger charge is 2.29. The summed E-state index contributed by atoms with van der Waals surface area (Å²) in [6.07, 6.45) is 2.17. The van der Waals surface area contributed by atoms with Crippen molar-refractivity contribution in [3.63, 3.8) is 0 Å². The van der Waals surface area contributed by atoms with Crippen molar-refractivity contribution in [2.45, 2.75) is 13.3 Å². The minimum absolute atomic E-state index is 0.111. The zero-order valence-corrected chi connectivity index (χ0v) is 14.6. The van der Waals surface area contributed by atoms with Crippen LogP contribution in [0.4, 0.5) is 27.4 Å². The first-order valence-electron chi connectivity index (χ1n) is 8.59. The smallest absolute Gasteiger partial charge is 0.353 e. The monoisotopic (exact) mass is 360 g/mol. The fraction of sp³-hybridized carbons (Fsp3) is 0.412. The topological polar surface area (TPSA) is 87.4 Å². The molecular weight excluding hydrogens is 339 g/mol. The lowest BCUT2D eigenvalue weighted by atomic mass is 10.2. The molecule has 1 N–H and O–H groups in total. The van der Waals surface area contributed by atoms with Gasteiger partial charge in [0.05, 0.1) is 10.6 Å². The standard InChI is InChI=1S/C17H21FN6O2/c1-2-7-19-16-15(24(25)26)17(21-12-20-16)23-10-8-22(9-11-23)14-6-4-3-5-13(14)18/h3-6,12H,2,7-11H2,1H3,(H,19,20,21). The van der Waals surface area contributed by atoms with Gasteiger partial charge in [0, 0.05) is 32.7 Å². The Kier molecular flexibility index (Phi) is 5.45. The van der Waals surface area contributed by atoms with E-state index >= 15 is 0 Å². The van der Waals surface area contributed by atoms with Crippen molar-refractivity contribution >= 4 is 23.0 Å². The molecule has 0 bridgehead atoms. The van der Waals surface area contributed by atoms with Gasteiger partial charge in [-0.05, 0) is 18.6 Å². The van der Waals surface area contributed by atoms with Crippen LogP contribution < -0.4 is 15.1 Å². The number of benzene rings is 1. The molecule has 0 saturated carbocycles. The first-order valence-corrected chi connectivity index (χ1v) is 8.59. The highest BCUT2D eigenvalue weighted by atomic mass is 19.1. The van der Waals surface area contributed by atoms with E-state index in [2.05, 4.69) is 15.3 Å². The number of aromatic nitrogens is 2. The van der Waals surface area contributed by atoms with Crippen LogP contribution >= 0.6 is 0 Å². The van der Waals surface area contributed by atoms with Crippen LogP contribution in [-0.2, 0) is 0 Å². The second-order valence-electron chi connectivity index (χ2n) is 6.00. The second kappa shape index (κ2) is 7.94. The molecule has 138 valence electrons. The molecule has 0 unspecified atom stereocenters. The van der Waals surface area contributed by atoms with Crippen LogP contribution in [0.5, 0.6) is 0 Å². The number of nitrogens with one attached hydrogen (secondary N) is 1. The number of hydrogen-bond donors (Lipinski definition) is 1. The van der Waals surface area contributed by atoms with Crippen LogP contribution in [0, 0.1) is 15.9 Å². The van der Waals surface area contributed by atoms with E-state index in [4.69, 9.17) is 0 Å². The van der Waals surface area contributed by atoms with Gasteiger partial charge in [0.1, 0.15) is 12.1 Å². The number of rotatable bonds is 6. The van der Waals surface area contributed by atoms with Gasteiger partial charge in [0.2, 0.25) is 11.6 Å². The molecule has 1 saturated heterocycles. The molecule has 26 heavy (non-hydrogen) atoms. The number of para-hydroxylation sites is 1. The van der Waals surface area contributed by atoms with Crippen LogP contribution in [0.25, 0.3) is 0 Å². The Bertz CT molecular complexity index is 780. The van der Waals surface area contributed by atoms with E-state index in [0.717, 1.165) is 6.42 Å². The molecule has 1 aliphatic heterocycles. The summed E-state index contributed by atoms with van der Waals surface area (Å²) in [7, 11) is 0.